The van der Waals surface area contributed by atoms with E-state index in [-0.39, 0.29) is 23.9 Å². The zero-order valence-electron chi connectivity index (χ0n) is 14.0. The zero-order valence-corrected chi connectivity index (χ0v) is 14.0. The number of halogens is 3. The predicted molar refractivity (Wildman–Crippen MR) is 89.9 cm³/mol. The molecule has 0 heterocycles. The number of alkyl halides is 3. The molecular formula is C19H18F3NO3. The van der Waals surface area contributed by atoms with E-state index in [1.807, 2.05) is 0 Å². The Bertz CT molecular complexity index is 768. The van der Waals surface area contributed by atoms with Gasteiger partial charge in [0.05, 0.1) is 17.5 Å². The highest BCUT2D eigenvalue weighted by atomic mass is 19.4. The van der Waals surface area contributed by atoms with Gasteiger partial charge in [-0.2, -0.15) is 13.2 Å². The van der Waals surface area contributed by atoms with Crippen molar-refractivity contribution in [2.45, 2.75) is 32.0 Å². The van der Waals surface area contributed by atoms with Crippen LogP contribution in [0.5, 0.6) is 0 Å². The zero-order chi connectivity index (χ0) is 19.3. The maximum absolute atomic E-state index is 12.5. The van der Waals surface area contributed by atoms with Gasteiger partial charge in [0.15, 0.2) is 0 Å². The summed E-state index contributed by atoms with van der Waals surface area (Å²) < 4.78 is 37.6. The van der Waals surface area contributed by atoms with Gasteiger partial charge in [-0.1, -0.05) is 24.3 Å². The molecule has 0 spiro atoms. The molecule has 0 saturated heterocycles. The fraction of sp³-hybridized carbons (Fsp3) is 0.263. The molecule has 2 aromatic carbocycles. The van der Waals surface area contributed by atoms with Gasteiger partial charge in [0, 0.05) is 6.04 Å². The molecule has 0 fully saturated rings. The number of aromatic carboxylic acids is 1. The van der Waals surface area contributed by atoms with Crippen molar-refractivity contribution in [3.8, 4) is 0 Å². The van der Waals surface area contributed by atoms with Crippen molar-refractivity contribution in [3.63, 3.8) is 0 Å². The average molecular weight is 365 g/mol. The Kier molecular flexibility index (Phi) is 6.02. The van der Waals surface area contributed by atoms with E-state index < -0.39 is 17.7 Å². The summed E-state index contributed by atoms with van der Waals surface area (Å²) in [6, 6.07) is 10.6. The lowest BCUT2D eigenvalue weighted by atomic mass is 10.0. The first-order valence-electron chi connectivity index (χ1n) is 7.93. The molecule has 0 radical (unpaired) electrons. The van der Waals surface area contributed by atoms with E-state index in [1.165, 1.54) is 24.3 Å². The second-order valence-corrected chi connectivity index (χ2v) is 6.05. The van der Waals surface area contributed by atoms with Crippen LogP contribution in [-0.4, -0.2) is 23.0 Å². The third kappa shape index (κ3) is 5.61. The van der Waals surface area contributed by atoms with Crippen molar-refractivity contribution in [2.24, 2.45) is 0 Å². The summed E-state index contributed by atoms with van der Waals surface area (Å²) in [6.45, 7) is 1.77. The monoisotopic (exact) mass is 365 g/mol. The first-order chi connectivity index (χ1) is 12.1. The molecule has 0 bridgehead atoms. The minimum atomic E-state index is -4.37. The molecule has 26 heavy (non-hydrogen) atoms. The van der Waals surface area contributed by atoms with Gasteiger partial charge in [-0.05, 0) is 48.7 Å². The van der Waals surface area contributed by atoms with Crippen LogP contribution in [0.3, 0.4) is 0 Å². The van der Waals surface area contributed by atoms with Crippen LogP contribution in [0.25, 0.3) is 0 Å². The highest BCUT2D eigenvalue weighted by Crippen LogP contribution is 2.29. The second kappa shape index (κ2) is 8.03. The largest absolute Gasteiger partial charge is 0.478 e. The Morgan fingerprint density at radius 3 is 2.04 bits per heavy atom. The van der Waals surface area contributed by atoms with Crippen molar-refractivity contribution in [1.82, 2.24) is 5.32 Å². The highest BCUT2D eigenvalue weighted by Gasteiger charge is 2.29. The number of rotatable bonds is 6. The fourth-order valence-electron chi connectivity index (χ4n) is 2.51. The Morgan fingerprint density at radius 2 is 1.54 bits per heavy atom. The Labute approximate surface area is 148 Å². The number of amides is 1. The lowest BCUT2D eigenvalue weighted by Crippen LogP contribution is -2.35. The van der Waals surface area contributed by atoms with E-state index in [0.717, 1.165) is 12.1 Å². The Morgan fingerprint density at radius 1 is 1.00 bits per heavy atom. The molecule has 0 aliphatic heterocycles. The second-order valence-electron chi connectivity index (χ2n) is 6.05. The lowest BCUT2D eigenvalue weighted by molar-refractivity contribution is -0.137. The highest BCUT2D eigenvalue weighted by molar-refractivity contribution is 5.87. The van der Waals surface area contributed by atoms with Gasteiger partial charge in [-0.25, -0.2) is 4.79 Å². The molecule has 4 nitrogen and oxygen atoms in total. The molecule has 0 aliphatic rings. The fourth-order valence-corrected chi connectivity index (χ4v) is 2.51. The first-order valence-corrected chi connectivity index (χ1v) is 7.93. The molecule has 138 valence electrons. The van der Waals surface area contributed by atoms with E-state index in [9.17, 15) is 22.8 Å². The maximum Gasteiger partial charge on any atom is 0.416 e. The van der Waals surface area contributed by atoms with Crippen LogP contribution in [0.2, 0.25) is 0 Å². The molecule has 7 heteroatoms. The maximum atomic E-state index is 12.5. The van der Waals surface area contributed by atoms with Crippen molar-refractivity contribution in [1.29, 1.82) is 0 Å². The third-order valence-electron chi connectivity index (χ3n) is 3.80. The van der Waals surface area contributed by atoms with Crippen molar-refractivity contribution in [2.75, 3.05) is 0 Å². The van der Waals surface area contributed by atoms with Gasteiger partial charge >= 0.3 is 12.1 Å². The molecule has 2 rings (SSSR count). The summed E-state index contributed by atoms with van der Waals surface area (Å²) in [5.41, 5.74) is 0.804. The predicted octanol–water partition coefficient (Wildman–Crippen LogP) is 3.69. The number of carboxylic acids is 1. The van der Waals surface area contributed by atoms with Gasteiger partial charge in [-0.3, -0.25) is 4.79 Å². The molecule has 0 saturated carbocycles. The van der Waals surface area contributed by atoms with Crippen molar-refractivity contribution < 1.29 is 27.9 Å². The van der Waals surface area contributed by atoms with Crippen LogP contribution >= 0.6 is 0 Å². The number of hydrogen-bond donors (Lipinski definition) is 2. The van der Waals surface area contributed by atoms with Crippen LogP contribution in [-0.2, 0) is 23.8 Å². The van der Waals surface area contributed by atoms with Crippen molar-refractivity contribution in [3.05, 3.63) is 70.8 Å². The topological polar surface area (TPSA) is 66.4 Å². The number of carbonyl (C=O) groups excluding carboxylic acids is 1. The number of hydrogen-bond acceptors (Lipinski definition) is 2. The van der Waals surface area contributed by atoms with E-state index in [0.29, 0.717) is 17.5 Å². The first kappa shape index (κ1) is 19.5. The van der Waals surface area contributed by atoms with E-state index >= 15 is 0 Å². The van der Waals surface area contributed by atoms with Gasteiger partial charge < -0.3 is 10.4 Å². The van der Waals surface area contributed by atoms with Gasteiger partial charge in [0.2, 0.25) is 5.91 Å². The molecule has 1 unspecified atom stereocenters. The summed E-state index contributed by atoms with van der Waals surface area (Å²) in [4.78, 5) is 22.8. The van der Waals surface area contributed by atoms with Gasteiger partial charge in [-0.15, -0.1) is 0 Å². The third-order valence-corrected chi connectivity index (χ3v) is 3.80. The van der Waals surface area contributed by atoms with Gasteiger partial charge in [0.25, 0.3) is 0 Å². The summed E-state index contributed by atoms with van der Waals surface area (Å²) in [5, 5.41) is 11.6. The molecule has 1 amide bonds. The van der Waals surface area contributed by atoms with Crippen LogP contribution in [0.1, 0.15) is 34.0 Å². The molecule has 0 aliphatic carbocycles. The molecule has 2 aromatic rings. The van der Waals surface area contributed by atoms with Crippen LogP contribution < -0.4 is 5.32 Å². The minimum Gasteiger partial charge on any atom is -0.478 e. The van der Waals surface area contributed by atoms with E-state index in [4.69, 9.17) is 5.11 Å². The Balaban J connectivity index is 1.87. The summed E-state index contributed by atoms with van der Waals surface area (Å²) in [6.07, 6.45) is -3.87. The van der Waals surface area contributed by atoms with Crippen LogP contribution in [0.15, 0.2) is 48.5 Å². The standard InChI is InChI=1S/C19H18F3NO3/c1-12(10-13-4-8-16(9-5-13)19(20,21)22)23-17(24)11-14-2-6-15(7-3-14)18(25)26/h2-9,12H,10-11H2,1H3,(H,23,24)(H,25,26). The summed E-state index contributed by atoms with van der Waals surface area (Å²) in [7, 11) is 0. The quantitative estimate of drug-likeness (QED) is 0.820. The van der Waals surface area contributed by atoms with E-state index in [1.54, 1.807) is 19.1 Å². The summed E-state index contributed by atoms with van der Waals surface area (Å²) in [5.74, 6) is -1.28. The number of benzene rings is 2. The number of carbonyl (C=O) groups is 2. The minimum absolute atomic E-state index is 0.0945. The van der Waals surface area contributed by atoms with Gasteiger partial charge in [0.1, 0.15) is 0 Å². The molecule has 2 N–H and O–H groups in total. The SMILES string of the molecule is CC(Cc1ccc(C(F)(F)F)cc1)NC(=O)Cc1ccc(C(=O)O)cc1. The van der Waals surface area contributed by atoms with Crippen LogP contribution in [0.4, 0.5) is 13.2 Å². The lowest BCUT2D eigenvalue weighted by Gasteiger charge is -2.15. The smallest absolute Gasteiger partial charge is 0.416 e. The molecular weight excluding hydrogens is 347 g/mol. The average Bonchev–Trinajstić information content (AvgIpc) is 2.54. The molecule has 1 atom stereocenters. The van der Waals surface area contributed by atoms with Crippen molar-refractivity contribution >= 4 is 11.9 Å². The molecule has 0 aromatic heterocycles. The normalized spacial score (nSPS) is 12.5. The number of nitrogens with one attached hydrogen (secondary N) is 1. The van der Waals surface area contributed by atoms with Crippen LogP contribution in [0, 0.1) is 0 Å². The Hall–Kier alpha value is -2.83. The number of carboxylic acid groups (broad SMARTS) is 1. The van der Waals surface area contributed by atoms with E-state index in [2.05, 4.69) is 5.32 Å². The summed E-state index contributed by atoms with van der Waals surface area (Å²) >= 11 is 0.